The van der Waals surface area contributed by atoms with E-state index in [0.29, 0.717) is 23.0 Å². The fourth-order valence-electron chi connectivity index (χ4n) is 2.56. The van der Waals surface area contributed by atoms with Crippen LogP contribution in [0.2, 0.25) is 5.02 Å². The quantitative estimate of drug-likeness (QED) is 0.691. The zero-order valence-electron chi connectivity index (χ0n) is 15.5. The standard InChI is InChI=1S/C20H24ClN3O3/c1-24(13-19(25)22-11-10-15-6-4-3-5-7-15)14-20(26)23-17-12-16(21)8-9-18(17)27-2/h3-9,12H,10-11,13-14H2,1-2H3,(H,22,25)(H,23,26). The van der Waals surface area contributed by atoms with Gasteiger partial charge in [-0.25, -0.2) is 0 Å². The first kappa shape index (κ1) is 20.7. The van der Waals surface area contributed by atoms with Crippen molar-refractivity contribution in [2.45, 2.75) is 6.42 Å². The number of likely N-dealkylation sites (N-methyl/N-ethyl adjacent to an activating group) is 1. The summed E-state index contributed by atoms with van der Waals surface area (Å²) in [7, 11) is 3.23. The van der Waals surface area contributed by atoms with Crippen LogP contribution < -0.4 is 15.4 Å². The second-order valence-electron chi connectivity index (χ2n) is 6.15. The molecule has 2 amide bonds. The Labute approximate surface area is 164 Å². The predicted molar refractivity (Wildman–Crippen MR) is 107 cm³/mol. The van der Waals surface area contributed by atoms with Gasteiger partial charge in [-0.3, -0.25) is 14.5 Å². The van der Waals surface area contributed by atoms with E-state index in [4.69, 9.17) is 16.3 Å². The van der Waals surface area contributed by atoms with Crippen LogP contribution in [0, 0.1) is 0 Å². The summed E-state index contributed by atoms with van der Waals surface area (Å²) in [5, 5.41) is 6.11. The van der Waals surface area contributed by atoms with E-state index in [0.717, 1.165) is 6.42 Å². The van der Waals surface area contributed by atoms with Gasteiger partial charge < -0.3 is 15.4 Å². The topological polar surface area (TPSA) is 70.7 Å². The van der Waals surface area contributed by atoms with Crippen molar-refractivity contribution in [2.75, 3.05) is 39.1 Å². The zero-order valence-corrected chi connectivity index (χ0v) is 16.3. The number of hydrogen-bond donors (Lipinski definition) is 2. The summed E-state index contributed by atoms with van der Waals surface area (Å²) in [5.41, 5.74) is 1.66. The molecule has 6 nitrogen and oxygen atoms in total. The predicted octanol–water partition coefficient (Wildman–Crippen LogP) is 2.58. The van der Waals surface area contributed by atoms with Crippen LogP contribution in [0.3, 0.4) is 0 Å². The minimum Gasteiger partial charge on any atom is -0.495 e. The van der Waals surface area contributed by atoms with Crippen LogP contribution in [0.5, 0.6) is 5.75 Å². The van der Waals surface area contributed by atoms with Gasteiger partial charge in [0.1, 0.15) is 5.75 Å². The van der Waals surface area contributed by atoms with Crippen molar-refractivity contribution in [3.05, 3.63) is 59.1 Å². The molecule has 0 radical (unpaired) electrons. The number of hydrogen-bond acceptors (Lipinski definition) is 4. The van der Waals surface area contributed by atoms with Crippen molar-refractivity contribution in [3.63, 3.8) is 0 Å². The Morgan fingerprint density at radius 1 is 1.07 bits per heavy atom. The van der Waals surface area contributed by atoms with Gasteiger partial charge in [-0.1, -0.05) is 41.9 Å². The number of amides is 2. The number of carbonyl (C=O) groups is 2. The van der Waals surface area contributed by atoms with E-state index in [9.17, 15) is 9.59 Å². The first-order valence-electron chi connectivity index (χ1n) is 8.60. The maximum atomic E-state index is 12.2. The van der Waals surface area contributed by atoms with E-state index in [1.165, 1.54) is 12.7 Å². The van der Waals surface area contributed by atoms with Gasteiger partial charge >= 0.3 is 0 Å². The molecular formula is C20H24ClN3O3. The molecule has 0 atom stereocenters. The number of rotatable bonds is 9. The van der Waals surface area contributed by atoms with Crippen molar-refractivity contribution in [2.24, 2.45) is 0 Å². The molecule has 0 heterocycles. The lowest BCUT2D eigenvalue weighted by Crippen LogP contribution is -2.39. The lowest BCUT2D eigenvalue weighted by atomic mass is 10.1. The molecule has 0 bridgehead atoms. The molecule has 2 aromatic rings. The van der Waals surface area contributed by atoms with E-state index < -0.39 is 0 Å². The molecule has 0 saturated heterocycles. The van der Waals surface area contributed by atoms with Crippen LogP contribution in [0.4, 0.5) is 5.69 Å². The fourth-order valence-corrected chi connectivity index (χ4v) is 2.73. The van der Waals surface area contributed by atoms with Crippen LogP contribution in [-0.4, -0.2) is 50.5 Å². The van der Waals surface area contributed by atoms with Gasteiger partial charge in [-0.15, -0.1) is 0 Å². The molecule has 0 saturated carbocycles. The number of carbonyl (C=O) groups excluding carboxylic acids is 2. The normalized spacial score (nSPS) is 10.5. The van der Waals surface area contributed by atoms with Gasteiger partial charge in [0.25, 0.3) is 0 Å². The molecule has 144 valence electrons. The molecule has 0 aromatic heterocycles. The molecule has 2 rings (SSSR count). The monoisotopic (exact) mass is 389 g/mol. The fraction of sp³-hybridized carbons (Fsp3) is 0.300. The zero-order chi connectivity index (χ0) is 19.6. The molecule has 7 heteroatoms. The SMILES string of the molecule is COc1ccc(Cl)cc1NC(=O)CN(C)CC(=O)NCCc1ccccc1. The van der Waals surface area contributed by atoms with Gasteiger partial charge in [-0.2, -0.15) is 0 Å². The third kappa shape index (κ3) is 7.29. The Bertz CT molecular complexity index is 768. The number of ether oxygens (including phenoxy) is 1. The first-order valence-corrected chi connectivity index (χ1v) is 8.98. The molecule has 0 aliphatic carbocycles. The third-order valence-corrected chi connectivity index (χ3v) is 4.08. The van der Waals surface area contributed by atoms with Gasteiger partial charge in [0.2, 0.25) is 11.8 Å². The van der Waals surface area contributed by atoms with E-state index in [1.807, 2.05) is 30.3 Å². The average Bonchev–Trinajstić information content (AvgIpc) is 2.62. The van der Waals surface area contributed by atoms with Gasteiger partial charge in [0, 0.05) is 11.6 Å². The molecular weight excluding hydrogens is 366 g/mol. The molecule has 0 unspecified atom stereocenters. The van der Waals surface area contributed by atoms with Crippen LogP contribution in [-0.2, 0) is 16.0 Å². The third-order valence-electron chi connectivity index (χ3n) is 3.84. The highest BCUT2D eigenvalue weighted by atomic mass is 35.5. The van der Waals surface area contributed by atoms with Gasteiger partial charge in [0.05, 0.1) is 25.9 Å². The van der Waals surface area contributed by atoms with Crippen molar-refractivity contribution in [1.29, 1.82) is 0 Å². The van der Waals surface area contributed by atoms with Crippen LogP contribution >= 0.6 is 11.6 Å². The minimum absolute atomic E-state index is 0.0712. The molecule has 2 aromatic carbocycles. The van der Waals surface area contributed by atoms with Crippen molar-refractivity contribution >= 4 is 29.1 Å². The number of halogens is 1. The Kier molecular flexibility index (Phi) is 8.10. The number of methoxy groups -OCH3 is 1. The molecule has 0 aliphatic heterocycles. The number of nitrogens with zero attached hydrogens (tertiary/aromatic N) is 1. The van der Waals surface area contributed by atoms with Crippen molar-refractivity contribution < 1.29 is 14.3 Å². The smallest absolute Gasteiger partial charge is 0.238 e. The summed E-state index contributed by atoms with van der Waals surface area (Å²) in [6.45, 7) is 0.763. The van der Waals surface area contributed by atoms with Crippen LogP contribution in [0.1, 0.15) is 5.56 Å². The summed E-state index contributed by atoms with van der Waals surface area (Å²) < 4.78 is 5.20. The Hall–Kier alpha value is -2.57. The highest BCUT2D eigenvalue weighted by Crippen LogP contribution is 2.27. The van der Waals surface area contributed by atoms with E-state index in [1.54, 1.807) is 30.1 Å². The number of nitrogens with one attached hydrogen (secondary N) is 2. The summed E-state index contributed by atoms with van der Waals surface area (Å²) in [6, 6.07) is 14.9. The number of benzene rings is 2. The maximum Gasteiger partial charge on any atom is 0.238 e. The lowest BCUT2D eigenvalue weighted by Gasteiger charge is -2.17. The van der Waals surface area contributed by atoms with Crippen LogP contribution in [0.25, 0.3) is 0 Å². The summed E-state index contributed by atoms with van der Waals surface area (Å²) in [6.07, 6.45) is 0.769. The van der Waals surface area contributed by atoms with Gasteiger partial charge in [-0.05, 0) is 37.2 Å². The van der Waals surface area contributed by atoms with Gasteiger partial charge in [0.15, 0.2) is 0 Å². The van der Waals surface area contributed by atoms with Crippen LogP contribution in [0.15, 0.2) is 48.5 Å². The summed E-state index contributed by atoms with van der Waals surface area (Å²) >= 11 is 5.95. The highest BCUT2D eigenvalue weighted by Gasteiger charge is 2.13. The molecule has 0 aliphatic rings. The molecule has 0 fully saturated rings. The minimum atomic E-state index is -0.254. The highest BCUT2D eigenvalue weighted by molar-refractivity contribution is 6.31. The average molecular weight is 390 g/mol. The molecule has 0 spiro atoms. The van der Waals surface area contributed by atoms with E-state index in [2.05, 4.69) is 10.6 Å². The lowest BCUT2D eigenvalue weighted by molar-refractivity contribution is -0.122. The Morgan fingerprint density at radius 3 is 2.48 bits per heavy atom. The second kappa shape index (κ2) is 10.5. The summed E-state index contributed by atoms with van der Waals surface area (Å²) in [5.74, 6) is 0.144. The van der Waals surface area contributed by atoms with E-state index in [-0.39, 0.29) is 24.9 Å². The summed E-state index contributed by atoms with van der Waals surface area (Å²) in [4.78, 5) is 25.8. The number of anilines is 1. The maximum absolute atomic E-state index is 12.2. The Balaban J connectivity index is 1.74. The first-order chi connectivity index (χ1) is 13.0. The van der Waals surface area contributed by atoms with E-state index >= 15 is 0 Å². The molecule has 27 heavy (non-hydrogen) atoms. The molecule has 2 N–H and O–H groups in total. The van der Waals surface area contributed by atoms with Crippen molar-refractivity contribution in [3.8, 4) is 5.75 Å². The van der Waals surface area contributed by atoms with Crippen molar-refractivity contribution in [1.82, 2.24) is 10.2 Å². The Morgan fingerprint density at radius 2 is 1.78 bits per heavy atom. The second-order valence-corrected chi connectivity index (χ2v) is 6.59. The largest absolute Gasteiger partial charge is 0.495 e.